The predicted octanol–water partition coefficient (Wildman–Crippen LogP) is 4.64. The van der Waals surface area contributed by atoms with Crippen molar-refractivity contribution >= 4 is 27.5 Å². The molecule has 2 nitrogen and oxygen atoms in total. The summed E-state index contributed by atoms with van der Waals surface area (Å²) in [4.78, 5) is 0. The minimum Gasteiger partial charge on any atom is -0.456 e. The summed E-state index contributed by atoms with van der Waals surface area (Å²) in [5.41, 5.74) is 3.93. The van der Waals surface area contributed by atoms with Gasteiger partial charge in [0.15, 0.2) is 0 Å². The van der Waals surface area contributed by atoms with Crippen molar-refractivity contribution in [1.82, 2.24) is 0 Å². The molecule has 0 radical (unpaired) electrons. The Morgan fingerprint density at radius 1 is 1.11 bits per heavy atom. The second-order valence-electron chi connectivity index (χ2n) is 4.55. The molecule has 2 aromatic carbocycles. The van der Waals surface area contributed by atoms with Gasteiger partial charge in [-0.2, -0.15) is 0 Å². The number of furan rings is 1. The maximum Gasteiger partial charge on any atom is 0.135 e. The van der Waals surface area contributed by atoms with Gasteiger partial charge in [0.25, 0.3) is 0 Å². The summed E-state index contributed by atoms with van der Waals surface area (Å²) in [6.07, 6.45) is 0. The standard InChI is InChI=1S/C17H16O2/c1-3-18-11-12(2)13-8-9-17-15(10-13)14-6-4-5-7-16(14)19-17/h4-10H,2-3,11H2,1H3. The van der Waals surface area contributed by atoms with Crippen LogP contribution in [0.15, 0.2) is 53.5 Å². The molecule has 0 aliphatic rings. The van der Waals surface area contributed by atoms with Crippen LogP contribution >= 0.6 is 0 Å². The first-order chi connectivity index (χ1) is 9.29. The molecule has 0 fully saturated rings. The van der Waals surface area contributed by atoms with Gasteiger partial charge in [0.2, 0.25) is 0 Å². The summed E-state index contributed by atoms with van der Waals surface area (Å²) >= 11 is 0. The summed E-state index contributed by atoms with van der Waals surface area (Å²) in [6.45, 7) is 7.34. The van der Waals surface area contributed by atoms with E-state index >= 15 is 0 Å². The molecule has 0 bridgehead atoms. The van der Waals surface area contributed by atoms with E-state index in [4.69, 9.17) is 9.15 Å². The number of para-hydroxylation sites is 1. The van der Waals surface area contributed by atoms with Crippen molar-refractivity contribution in [2.75, 3.05) is 13.2 Å². The Balaban J connectivity index is 2.09. The van der Waals surface area contributed by atoms with E-state index in [0.717, 1.165) is 33.1 Å². The normalized spacial score (nSPS) is 11.2. The smallest absolute Gasteiger partial charge is 0.135 e. The molecule has 1 heterocycles. The lowest BCUT2D eigenvalue weighted by molar-refractivity contribution is 0.183. The molecule has 3 rings (SSSR count). The van der Waals surface area contributed by atoms with E-state index in [-0.39, 0.29) is 0 Å². The average Bonchev–Trinajstić information content (AvgIpc) is 2.82. The first-order valence-electron chi connectivity index (χ1n) is 6.47. The van der Waals surface area contributed by atoms with Crippen molar-refractivity contribution in [2.24, 2.45) is 0 Å². The first-order valence-corrected chi connectivity index (χ1v) is 6.47. The lowest BCUT2D eigenvalue weighted by Crippen LogP contribution is -1.95. The number of fused-ring (bicyclic) bond motifs is 3. The highest BCUT2D eigenvalue weighted by Crippen LogP contribution is 2.30. The topological polar surface area (TPSA) is 22.4 Å². The third kappa shape index (κ3) is 2.15. The van der Waals surface area contributed by atoms with E-state index < -0.39 is 0 Å². The van der Waals surface area contributed by atoms with Gasteiger partial charge >= 0.3 is 0 Å². The molecule has 96 valence electrons. The average molecular weight is 252 g/mol. The zero-order chi connectivity index (χ0) is 13.2. The van der Waals surface area contributed by atoms with E-state index in [9.17, 15) is 0 Å². The van der Waals surface area contributed by atoms with Gasteiger partial charge in [-0.3, -0.25) is 0 Å². The lowest BCUT2D eigenvalue weighted by atomic mass is 10.0. The van der Waals surface area contributed by atoms with Crippen LogP contribution in [0, 0.1) is 0 Å². The van der Waals surface area contributed by atoms with Gasteiger partial charge < -0.3 is 9.15 Å². The van der Waals surface area contributed by atoms with Crippen molar-refractivity contribution in [3.8, 4) is 0 Å². The fourth-order valence-corrected chi connectivity index (χ4v) is 2.25. The van der Waals surface area contributed by atoms with Gasteiger partial charge in [-0.1, -0.05) is 30.8 Å². The second-order valence-corrected chi connectivity index (χ2v) is 4.55. The highest BCUT2D eigenvalue weighted by Gasteiger charge is 2.08. The monoisotopic (exact) mass is 252 g/mol. The molecule has 0 spiro atoms. The Labute approximate surface area is 112 Å². The fraction of sp³-hybridized carbons (Fsp3) is 0.176. The molecule has 0 saturated heterocycles. The van der Waals surface area contributed by atoms with E-state index in [1.165, 1.54) is 0 Å². The van der Waals surface area contributed by atoms with Crippen molar-refractivity contribution in [1.29, 1.82) is 0 Å². The van der Waals surface area contributed by atoms with Crippen molar-refractivity contribution in [3.05, 3.63) is 54.6 Å². The number of rotatable bonds is 4. The van der Waals surface area contributed by atoms with Crippen LogP contribution in [0.4, 0.5) is 0 Å². The van der Waals surface area contributed by atoms with Crippen molar-refractivity contribution in [2.45, 2.75) is 6.92 Å². The van der Waals surface area contributed by atoms with Crippen LogP contribution < -0.4 is 0 Å². The largest absolute Gasteiger partial charge is 0.456 e. The fourth-order valence-electron chi connectivity index (χ4n) is 2.25. The highest BCUT2D eigenvalue weighted by molar-refractivity contribution is 6.05. The van der Waals surface area contributed by atoms with Gasteiger partial charge in [0.1, 0.15) is 11.2 Å². The lowest BCUT2D eigenvalue weighted by Gasteiger charge is -2.05. The van der Waals surface area contributed by atoms with Gasteiger partial charge in [-0.25, -0.2) is 0 Å². The van der Waals surface area contributed by atoms with Crippen LogP contribution in [-0.4, -0.2) is 13.2 Å². The van der Waals surface area contributed by atoms with Crippen LogP contribution in [0.5, 0.6) is 0 Å². The van der Waals surface area contributed by atoms with Gasteiger partial charge in [0.05, 0.1) is 6.61 Å². The second kappa shape index (κ2) is 4.90. The molecule has 3 aromatic rings. The van der Waals surface area contributed by atoms with Crippen LogP contribution in [-0.2, 0) is 4.74 Å². The minimum absolute atomic E-state index is 0.567. The van der Waals surface area contributed by atoms with E-state index in [0.29, 0.717) is 13.2 Å². The molecular weight excluding hydrogens is 236 g/mol. The Bertz CT molecular complexity index is 737. The Kier molecular flexibility index (Phi) is 3.10. The number of hydrogen-bond acceptors (Lipinski definition) is 2. The van der Waals surface area contributed by atoms with Crippen LogP contribution in [0.3, 0.4) is 0 Å². The first kappa shape index (κ1) is 12.0. The summed E-state index contributed by atoms with van der Waals surface area (Å²) in [7, 11) is 0. The molecule has 0 unspecified atom stereocenters. The van der Waals surface area contributed by atoms with Crippen LogP contribution in [0.25, 0.3) is 27.5 Å². The summed E-state index contributed by atoms with van der Waals surface area (Å²) in [5.74, 6) is 0. The summed E-state index contributed by atoms with van der Waals surface area (Å²) in [5, 5.41) is 2.27. The molecule has 0 saturated carbocycles. The molecule has 0 aliphatic heterocycles. The Morgan fingerprint density at radius 2 is 1.89 bits per heavy atom. The van der Waals surface area contributed by atoms with Crippen molar-refractivity contribution in [3.63, 3.8) is 0 Å². The summed E-state index contributed by atoms with van der Waals surface area (Å²) in [6, 6.07) is 14.2. The Morgan fingerprint density at radius 3 is 2.74 bits per heavy atom. The van der Waals surface area contributed by atoms with Crippen LogP contribution in [0.1, 0.15) is 12.5 Å². The van der Waals surface area contributed by atoms with Gasteiger partial charge in [-0.05, 0) is 36.3 Å². The number of ether oxygens (including phenoxy) is 1. The molecule has 0 N–H and O–H groups in total. The van der Waals surface area contributed by atoms with E-state index in [1.807, 2.05) is 37.3 Å². The molecule has 2 heteroatoms. The number of hydrogen-bond donors (Lipinski definition) is 0. The van der Waals surface area contributed by atoms with Crippen LogP contribution in [0.2, 0.25) is 0 Å². The molecule has 0 aliphatic carbocycles. The zero-order valence-corrected chi connectivity index (χ0v) is 11.0. The number of benzene rings is 2. The summed E-state index contributed by atoms with van der Waals surface area (Å²) < 4.78 is 11.2. The SMILES string of the molecule is C=C(COCC)c1ccc2oc3ccccc3c2c1. The van der Waals surface area contributed by atoms with Gasteiger partial charge in [0, 0.05) is 17.4 Å². The predicted molar refractivity (Wildman–Crippen MR) is 79.2 cm³/mol. The quantitative estimate of drug-likeness (QED) is 0.675. The van der Waals surface area contributed by atoms with Crippen molar-refractivity contribution < 1.29 is 9.15 Å². The molecule has 0 atom stereocenters. The molecule has 0 amide bonds. The zero-order valence-electron chi connectivity index (χ0n) is 11.0. The van der Waals surface area contributed by atoms with E-state index in [2.05, 4.69) is 18.7 Å². The molecule has 1 aromatic heterocycles. The highest BCUT2D eigenvalue weighted by atomic mass is 16.5. The van der Waals surface area contributed by atoms with E-state index in [1.54, 1.807) is 0 Å². The molecular formula is C17H16O2. The Hall–Kier alpha value is -2.06. The third-order valence-corrected chi connectivity index (χ3v) is 3.27. The maximum atomic E-state index is 5.81. The van der Waals surface area contributed by atoms with Gasteiger partial charge in [-0.15, -0.1) is 0 Å². The maximum absolute atomic E-state index is 5.81. The third-order valence-electron chi connectivity index (χ3n) is 3.27. The molecule has 19 heavy (non-hydrogen) atoms. The minimum atomic E-state index is 0.567.